The molecule has 0 radical (unpaired) electrons. The summed E-state index contributed by atoms with van der Waals surface area (Å²) in [4.78, 5) is 0. The third-order valence-corrected chi connectivity index (χ3v) is 0.618. The molecule has 0 amide bonds. The molecule has 0 fully saturated rings. The van der Waals surface area contributed by atoms with Crippen LogP contribution in [0.3, 0.4) is 0 Å². The molecule has 0 heteroatoms. The average molecular weight is 136 g/mol. The molecule has 0 aromatic carbocycles. The van der Waals surface area contributed by atoms with Crippen LogP contribution in [0.25, 0.3) is 0 Å². The van der Waals surface area contributed by atoms with Gasteiger partial charge in [-0.2, -0.15) is 0 Å². The van der Waals surface area contributed by atoms with E-state index in [0.717, 1.165) is 0 Å². The largest absolute Gasteiger partial charge is 0.0991 e. The van der Waals surface area contributed by atoms with E-state index in [1.165, 1.54) is 5.57 Å². The molecule has 0 N–H and O–H groups in total. The first-order valence-corrected chi connectivity index (χ1v) is 3.18. The molecule has 0 saturated carbocycles. The first-order valence-electron chi connectivity index (χ1n) is 3.18. The van der Waals surface area contributed by atoms with Crippen LogP contribution < -0.4 is 0 Å². The van der Waals surface area contributed by atoms with E-state index in [1.54, 1.807) is 18.2 Å². The first-order chi connectivity index (χ1) is 4.68. The topological polar surface area (TPSA) is 0 Å². The van der Waals surface area contributed by atoms with Gasteiger partial charge in [-0.1, -0.05) is 49.6 Å². The molecule has 56 valence electrons. The van der Waals surface area contributed by atoms with Crippen molar-refractivity contribution >= 4 is 0 Å². The average Bonchev–Trinajstić information content (AvgIpc) is 1.89. The Hall–Kier alpha value is -1.04. The van der Waals surface area contributed by atoms with Gasteiger partial charge in [-0.05, 0) is 13.8 Å². The zero-order valence-electron chi connectivity index (χ0n) is 6.93. The second-order valence-corrected chi connectivity index (χ2v) is 1.95. The van der Waals surface area contributed by atoms with Crippen LogP contribution in [-0.2, 0) is 0 Å². The van der Waals surface area contributed by atoms with Crippen molar-refractivity contribution in [3.8, 4) is 0 Å². The van der Waals surface area contributed by atoms with E-state index in [2.05, 4.69) is 19.7 Å². The lowest BCUT2D eigenvalue weighted by atomic mass is 10.3. The molecule has 0 saturated heterocycles. The van der Waals surface area contributed by atoms with Gasteiger partial charge in [0.25, 0.3) is 0 Å². The van der Waals surface area contributed by atoms with Gasteiger partial charge in [0.2, 0.25) is 0 Å². The second kappa shape index (κ2) is 10.9. The van der Waals surface area contributed by atoms with Crippen LogP contribution in [0.4, 0.5) is 0 Å². The molecule has 0 heterocycles. The van der Waals surface area contributed by atoms with E-state index in [-0.39, 0.29) is 0 Å². The highest BCUT2D eigenvalue weighted by atomic mass is 13.7. The predicted molar refractivity (Wildman–Crippen MR) is 50.0 cm³/mol. The van der Waals surface area contributed by atoms with Gasteiger partial charge in [-0.15, -0.1) is 0 Å². The summed E-state index contributed by atoms with van der Waals surface area (Å²) >= 11 is 0. The third kappa shape index (κ3) is 28.2. The van der Waals surface area contributed by atoms with Crippen molar-refractivity contribution in [1.82, 2.24) is 0 Å². The molecule has 10 heavy (non-hydrogen) atoms. The van der Waals surface area contributed by atoms with Gasteiger partial charge in [0.1, 0.15) is 0 Å². The maximum absolute atomic E-state index is 3.52. The summed E-state index contributed by atoms with van der Waals surface area (Å²) in [5, 5.41) is 0. The van der Waals surface area contributed by atoms with Gasteiger partial charge in [-0.3, -0.25) is 0 Å². The van der Waals surface area contributed by atoms with E-state index >= 15 is 0 Å². The smallest absolute Gasteiger partial charge is 0.0439 e. The summed E-state index contributed by atoms with van der Waals surface area (Å²) < 4.78 is 0. The SMILES string of the molecule is C=CC=C.C=CC=C(C)C. The lowest BCUT2D eigenvalue weighted by molar-refractivity contribution is 1.40. The number of hydrogen-bond donors (Lipinski definition) is 0. The van der Waals surface area contributed by atoms with Crippen molar-refractivity contribution in [3.05, 3.63) is 49.6 Å². The third-order valence-electron chi connectivity index (χ3n) is 0.618. The molecule has 0 aromatic rings. The van der Waals surface area contributed by atoms with Crippen LogP contribution in [0.5, 0.6) is 0 Å². The minimum absolute atomic E-state index is 1.30. The standard InChI is InChI=1S/C6H10.C4H6/c1-4-5-6(2)3;1-3-4-2/h4-5H,1H2,2-3H3;3-4H,1-2H2. The highest BCUT2D eigenvalue weighted by molar-refractivity contribution is 5.04. The van der Waals surface area contributed by atoms with Crippen LogP contribution in [0.2, 0.25) is 0 Å². The maximum atomic E-state index is 3.52. The molecule has 0 atom stereocenters. The first kappa shape index (κ1) is 11.7. The van der Waals surface area contributed by atoms with Crippen LogP contribution in [-0.4, -0.2) is 0 Å². The highest BCUT2D eigenvalue weighted by Gasteiger charge is 1.63. The molecule has 0 aromatic heterocycles. The predicted octanol–water partition coefficient (Wildman–Crippen LogP) is 3.50. The highest BCUT2D eigenvalue weighted by Crippen LogP contribution is 1.85. The molecule has 0 spiro atoms. The second-order valence-electron chi connectivity index (χ2n) is 1.95. The molecule has 0 aliphatic carbocycles. The molecule has 0 aliphatic heterocycles. The molecule has 0 nitrogen and oxygen atoms in total. The van der Waals surface area contributed by atoms with E-state index in [0.29, 0.717) is 0 Å². The summed E-state index contributed by atoms with van der Waals surface area (Å²) in [5.74, 6) is 0. The Morgan fingerprint density at radius 1 is 0.900 bits per heavy atom. The molecular formula is C10H16. The fraction of sp³-hybridized carbons (Fsp3) is 0.200. The zero-order chi connectivity index (χ0) is 8.41. The lowest BCUT2D eigenvalue weighted by Crippen LogP contribution is -1.54. The van der Waals surface area contributed by atoms with Crippen LogP contribution >= 0.6 is 0 Å². The molecule has 0 bridgehead atoms. The normalized spacial score (nSPS) is 6.20. The zero-order valence-corrected chi connectivity index (χ0v) is 6.93. The van der Waals surface area contributed by atoms with E-state index in [9.17, 15) is 0 Å². The Labute approximate surface area is 64.3 Å². The van der Waals surface area contributed by atoms with Crippen molar-refractivity contribution in [1.29, 1.82) is 0 Å². The van der Waals surface area contributed by atoms with Crippen LogP contribution in [0.1, 0.15) is 13.8 Å². The van der Waals surface area contributed by atoms with Gasteiger partial charge in [0, 0.05) is 0 Å². The fourth-order valence-electron chi connectivity index (χ4n) is 0.236. The Bertz CT molecular complexity index is 117. The summed E-state index contributed by atoms with van der Waals surface area (Å²) in [6.45, 7) is 14.3. The minimum Gasteiger partial charge on any atom is -0.0991 e. The summed E-state index contributed by atoms with van der Waals surface area (Å²) in [7, 11) is 0. The van der Waals surface area contributed by atoms with Crippen LogP contribution in [0, 0.1) is 0 Å². The molecular weight excluding hydrogens is 120 g/mol. The maximum Gasteiger partial charge on any atom is -0.0439 e. The number of rotatable bonds is 2. The summed E-state index contributed by atoms with van der Waals surface area (Å²) in [6, 6.07) is 0. The van der Waals surface area contributed by atoms with E-state index in [1.807, 2.05) is 19.9 Å². The van der Waals surface area contributed by atoms with E-state index in [4.69, 9.17) is 0 Å². The van der Waals surface area contributed by atoms with Gasteiger partial charge in [0.15, 0.2) is 0 Å². The fourth-order valence-corrected chi connectivity index (χ4v) is 0.236. The monoisotopic (exact) mass is 136 g/mol. The number of hydrogen-bond acceptors (Lipinski definition) is 0. The van der Waals surface area contributed by atoms with E-state index < -0.39 is 0 Å². The Kier molecular flexibility index (Phi) is 12.7. The molecule has 0 aliphatic rings. The van der Waals surface area contributed by atoms with Crippen molar-refractivity contribution in [2.75, 3.05) is 0 Å². The van der Waals surface area contributed by atoms with Gasteiger partial charge in [-0.25, -0.2) is 0 Å². The Morgan fingerprint density at radius 3 is 1.30 bits per heavy atom. The Balaban J connectivity index is 0. The molecule has 0 unspecified atom stereocenters. The number of allylic oxidation sites excluding steroid dienone is 5. The lowest BCUT2D eigenvalue weighted by Gasteiger charge is -1.76. The minimum atomic E-state index is 1.30. The van der Waals surface area contributed by atoms with Gasteiger partial charge in [0.05, 0.1) is 0 Å². The summed E-state index contributed by atoms with van der Waals surface area (Å²) in [6.07, 6.45) is 7.04. The van der Waals surface area contributed by atoms with Gasteiger partial charge >= 0.3 is 0 Å². The quantitative estimate of drug-likeness (QED) is 0.510. The Morgan fingerprint density at radius 2 is 1.30 bits per heavy atom. The van der Waals surface area contributed by atoms with Crippen molar-refractivity contribution in [3.63, 3.8) is 0 Å². The van der Waals surface area contributed by atoms with Gasteiger partial charge < -0.3 is 0 Å². The van der Waals surface area contributed by atoms with Crippen molar-refractivity contribution in [2.24, 2.45) is 0 Å². The van der Waals surface area contributed by atoms with Crippen LogP contribution in [0.15, 0.2) is 49.6 Å². The van der Waals surface area contributed by atoms with Crippen molar-refractivity contribution < 1.29 is 0 Å². The molecule has 0 rings (SSSR count). The summed E-state index contributed by atoms with van der Waals surface area (Å²) in [5.41, 5.74) is 1.30. The van der Waals surface area contributed by atoms with Crippen molar-refractivity contribution in [2.45, 2.75) is 13.8 Å².